The molecule has 13 heavy (non-hydrogen) atoms. The van der Waals surface area contributed by atoms with Crippen LogP contribution < -0.4 is 0 Å². The lowest BCUT2D eigenvalue weighted by atomic mass is 9.72. The van der Waals surface area contributed by atoms with Crippen molar-refractivity contribution in [3.8, 4) is 0 Å². The predicted octanol–water partition coefficient (Wildman–Crippen LogP) is 3.24. The van der Waals surface area contributed by atoms with Crippen LogP contribution in [-0.2, 0) is 0 Å². The zero-order valence-corrected chi connectivity index (χ0v) is 6.77. The summed E-state index contributed by atoms with van der Waals surface area (Å²) >= 11 is 0. The molecule has 0 saturated carbocycles. The highest BCUT2D eigenvalue weighted by Gasteiger charge is 2.71. The molecule has 1 rings (SSSR count). The summed E-state index contributed by atoms with van der Waals surface area (Å²) in [6.07, 6.45) is -5.02. The number of rotatable bonds is 0. The van der Waals surface area contributed by atoms with Crippen LogP contribution in [0.15, 0.2) is 11.1 Å². The highest BCUT2D eigenvalue weighted by atomic mass is 19.4. The third-order valence-corrected chi connectivity index (χ3v) is 2.19. The van der Waals surface area contributed by atoms with Gasteiger partial charge in [-0.1, -0.05) is 0 Å². The average Bonchev–Trinajstić information content (AvgIpc) is 1.82. The van der Waals surface area contributed by atoms with E-state index in [0.29, 0.717) is 6.92 Å². The molecule has 0 radical (unpaired) electrons. The molecule has 0 saturated heterocycles. The molecule has 0 aromatic rings. The van der Waals surface area contributed by atoms with Gasteiger partial charge in [0.15, 0.2) is 0 Å². The van der Waals surface area contributed by atoms with Crippen LogP contribution >= 0.6 is 0 Å². The lowest BCUT2D eigenvalue weighted by Gasteiger charge is -2.43. The minimum atomic E-state index is -5.02. The quantitative estimate of drug-likeness (QED) is 0.419. The molecule has 6 heteroatoms. The fraction of sp³-hybridized carbons (Fsp3) is 0.714. The Kier molecular flexibility index (Phi) is 1.77. The average molecular weight is 204 g/mol. The van der Waals surface area contributed by atoms with Crippen LogP contribution in [0.5, 0.6) is 0 Å². The highest BCUT2D eigenvalue weighted by molar-refractivity contribution is 5.47. The Morgan fingerprint density at radius 3 is 1.62 bits per heavy atom. The van der Waals surface area contributed by atoms with E-state index in [1.54, 1.807) is 0 Å². The molecule has 0 heterocycles. The lowest BCUT2D eigenvalue weighted by molar-refractivity contribution is -0.178. The molecule has 76 valence electrons. The molecule has 0 amide bonds. The first-order chi connectivity index (χ1) is 5.53. The second kappa shape index (κ2) is 2.22. The van der Waals surface area contributed by atoms with Crippen molar-refractivity contribution in [3.63, 3.8) is 0 Å². The van der Waals surface area contributed by atoms with Crippen LogP contribution in [0, 0.1) is 0 Å². The van der Waals surface area contributed by atoms with Crippen molar-refractivity contribution in [3.05, 3.63) is 11.1 Å². The summed E-state index contributed by atoms with van der Waals surface area (Å²) in [6.45, 7) is 0.826. The molecule has 1 atom stereocenters. The second-order valence-electron chi connectivity index (χ2n) is 3.08. The van der Waals surface area contributed by atoms with Gasteiger partial charge in [-0.05, 0) is 13.8 Å². The SMILES string of the molecule is CC1=C(C(F)(F)F)C(C)(F)C1(F)F. The van der Waals surface area contributed by atoms with Crippen molar-refractivity contribution in [2.75, 3.05) is 0 Å². The van der Waals surface area contributed by atoms with E-state index in [2.05, 4.69) is 0 Å². The first-order valence-electron chi connectivity index (χ1n) is 3.38. The minimum absolute atomic E-state index is 0.239. The van der Waals surface area contributed by atoms with Crippen LogP contribution in [0.1, 0.15) is 13.8 Å². The number of hydrogen-bond acceptors (Lipinski definition) is 0. The van der Waals surface area contributed by atoms with Crippen molar-refractivity contribution in [1.82, 2.24) is 0 Å². The molecule has 0 N–H and O–H groups in total. The van der Waals surface area contributed by atoms with Crippen LogP contribution in [0.4, 0.5) is 26.3 Å². The molecule has 0 nitrogen and oxygen atoms in total. The van der Waals surface area contributed by atoms with E-state index in [1.807, 2.05) is 0 Å². The Bertz CT molecular complexity index is 269. The molecular weight excluding hydrogens is 198 g/mol. The van der Waals surface area contributed by atoms with Gasteiger partial charge in [-0.2, -0.15) is 22.0 Å². The molecular formula is C7H6F6. The topological polar surface area (TPSA) is 0 Å². The first kappa shape index (κ1) is 10.4. The summed E-state index contributed by atoms with van der Waals surface area (Å²) in [6, 6.07) is 0. The molecule has 0 aromatic heterocycles. The largest absolute Gasteiger partial charge is 0.416 e. The Balaban J connectivity index is 3.23. The van der Waals surface area contributed by atoms with Gasteiger partial charge < -0.3 is 0 Å². The third-order valence-electron chi connectivity index (χ3n) is 2.19. The van der Waals surface area contributed by atoms with Crippen molar-refractivity contribution >= 4 is 0 Å². The van der Waals surface area contributed by atoms with Gasteiger partial charge in [0.2, 0.25) is 5.67 Å². The molecule has 0 fully saturated rings. The minimum Gasteiger partial charge on any atom is -0.232 e. The number of alkyl halides is 6. The molecule has 1 aliphatic rings. The third kappa shape index (κ3) is 1.07. The first-order valence-corrected chi connectivity index (χ1v) is 3.38. The Hall–Kier alpha value is -0.680. The van der Waals surface area contributed by atoms with Gasteiger partial charge in [0, 0.05) is 5.57 Å². The summed E-state index contributed by atoms with van der Waals surface area (Å²) in [5.41, 5.74) is -6.58. The van der Waals surface area contributed by atoms with E-state index in [0.717, 1.165) is 0 Å². The smallest absolute Gasteiger partial charge is 0.232 e. The summed E-state index contributed by atoms with van der Waals surface area (Å²) in [7, 11) is 0. The molecule has 0 aliphatic heterocycles. The van der Waals surface area contributed by atoms with Crippen LogP contribution in [-0.4, -0.2) is 17.8 Å². The van der Waals surface area contributed by atoms with Crippen LogP contribution in [0.2, 0.25) is 0 Å². The zero-order chi connectivity index (χ0) is 10.7. The van der Waals surface area contributed by atoms with Gasteiger partial charge >= 0.3 is 12.1 Å². The van der Waals surface area contributed by atoms with Gasteiger partial charge in [-0.25, -0.2) is 4.39 Å². The van der Waals surface area contributed by atoms with Gasteiger partial charge in [-0.3, -0.25) is 0 Å². The fourth-order valence-electron chi connectivity index (χ4n) is 1.43. The number of hydrogen-bond donors (Lipinski definition) is 0. The highest BCUT2D eigenvalue weighted by Crippen LogP contribution is 2.58. The zero-order valence-electron chi connectivity index (χ0n) is 6.77. The van der Waals surface area contributed by atoms with E-state index in [1.165, 1.54) is 0 Å². The monoisotopic (exact) mass is 204 g/mol. The summed E-state index contributed by atoms with van der Waals surface area (Å²) in [5.74, 6) is -4.00. The van der Waals surface area contributed by atoms with Crippen molar-refractivity contribution in [1.29, 1.82) is 0 Å². The summed E-state index contributed by atoms with van der Waals surface area (Å²) < 4.78 is 73.9. The summed E-state index contributed by atoms with van der Waals surface area (Å²) in [4.78, 5) is 0. The molecule has 1 unspecified atom stereocenters. The van der Waals surface area contributed by atoms with E-state index in [4.69, 9.17) is 0 Å². The van der Waals surface area contributed by atoms with Crippen molar-refractivity contribution in [2.24, 2.45) is 0 Å². The van der Waals surface area contributed by atoms with Crippen molar-refractivity contribution < 1.29 is 26.3 Å². The summed E-state index contributed by atoms with van der Waals surface area (Å²) in [5, 5.41) is 0. The molecule has 0 spiro atoms. The normalized spacial score (nSPS) is 33.2. The van der Waals surface area contributed by atoms with Gasteiger partial charge in [0.25, 0.3) is 0 Å². The standard InChI is InChI=1S/C7H6F6/c1-3-4(7(11,12)13)5(2,8)6(3,9)10/h1-2H3. The van der Waals surface area contributed by atoms with Crippen molar-refractivity contribution in [2.45, 2.75) is 31.6 Å². The lowest BCUT2D eigenvalue weighted by Crippen LogP contribution is -2.57. The number of allylic oxidation sites excluding steroid dienone is 2. The fourth-order valence-corrected chi connectivity index (χ4v) is 1.43. The second-order valence-corrected chi connectivity index (χ2v) is 3.08. The predicted molar refractivity (Wildman–Crippen MR) is 33.2 cm³/mol. The van der Waals surface area contributed by atoms with Gasteiger partial charge in [0.1, 0.15) is 0 Å². The Morgan fingerprint density at radius 2 is 1.46 bits per heavy atom. The van der Waals surface area contributed by atoms with E-state index >= 15 is 0 Å². The van der Waals surface area contributed by atoms with Gasteiger partial charge in [-0.15, -0.1) is 0 Å². The molecule has 0 aromatic carbocycles. The molecule has 1 aliphatic carbocycles. The Labute approximate surface area is 70.2 Å². The maximum atomic E-state index is 12.9. The van der Waals surface area contributed by atoms with E-state index in [-0.39, 0.29) is 6.92 Å². The maximum Gasteiger partial charge on any atom is 0.416 e. The van der Waals surface area contributed by atoms with Crippen LogP contribution in [0.3, 0.4) is 0 Å². The maximum absolute atomic E-state index is 12.9. The van der Waals surface area contributed by atoms with Crippen LogP contribution in [0.25, 0.3) is 0 Å². The molecule has 0 bridgehead atoms. The van der Waals surface area contributed by atoms with Gasteiger partial charge in [0.05, 0.1) is 5.57 Å². The number of halogens is 6. The Morgan fingerprint density at radius 1 is 1.08 bits per heavy atom. The van der Waals surface area contributed by atoms with E-state index in [9.17, 15) is 26.3 Å². The van der Waals surface area contributed by atoms with E-state index < -0.39 is 28.9 Å².